The van der Waals surface area contributed by atoms with Gasteiger partial charge >= 0.3 is 5.97 Å². The highest BCUT2D eigenvalue weighted by atomic mass is 16.4. The van der Waals surface area contributed by atoms with Crippen LogP contribution in [0.25, 0.3) is 0 Å². The van der Waals surface area contributed by atoms with Gasteiger partial charge in [-0.1, -0.05) is 12.0 Å². The van der Waals surface area contributed by atoms with Gasteiger partial charge in [0.1, 0.15) is 0 Å². The number of benzene rings is 1. The Kier molecular flexibility index (Phi) is 2.68. The second kappa shape index (κ2) is 3.94. The fourth-order valence-electron chi connectivity index (χ4n) is 0.830. The largest absolute Gasteiger partial charge is 0.478 e. The standard InChI is InChI=1S/C10H5NO2/c11-6-2-4-8-3-1-5-9(7-8)10(12)13/h1,3,5,7H,(H,12,13). The highest BCUT2D eigenvalue weighted by molar-refractivity contribution is 5.88. The van der Waals surface area contributed by atoms with E-state index in [1.807, 2.05) is 0 Å². The Labute approximate surface area is 75.2 Å². The lowest BCUT2D eigenvalue weighted by molar-refractivity contribution is 0.0697. The molecule has 13 heavy (non-hydrogen) atoms. The van der Waals surface area contributed by atoms with Gasteiger partial charge in [-0.2, -0.15) is 5.26 Å². The van der Waals surface area contributed by atoms with Crippen LogP contribution in [0.2, 0.25) is 0 Å². The van der Waals surface area contributed by atoms with Gasteiger partial charge in [-0.3, -0.25) is 0 Å². The van der Waals surface area contributed by atoms with Crippen LogP contribution < -0.4 is 0 Å². The van der Waals surface area contributed by atoms with Crippen molar-refractivity contribution in [1.82, 2.24) is 0 Å². The summed E-state index contributed by atoms with van der Waals surface area (Å²) < 4.78 is 0. The molecule has 1 N–H and O–H groups in total. The van der Waals surface area contributed by atoms with E-state index in [-0.39, 0.29) is 5.56 Å². The molecule has 0 aliphatic rings. The fraction of sp³-hybridized carbons (Fsp3) is 0. The zero-order valence-electron chi connectivity index (χ0n) is 6.61. The van der Waals surface area contributed by atoms with Crippen LogP contribution in [0.15, 0.2) is 24.3 Å². The average Bonchev–Trinajstić information content (AvgIpc) is 2.15. The van der Waals surface area contributed by atoms with Crippen LogP contribution in [0.1, 0.15) is 15.9 Å². The fourth-order valence-corrected chi connectivity index (χ4v) is 0.830. The number of hydrogen-bond acceptors (Lipinski definition) is 2. The maximum Gasteiger partial charge on any atom is 0.335 e. The van der Waals surface area contributed by atoms with Crippen LogP contribution in [0.4, 0.5) is 0 Å². The summed E-state index contributed by atoms with van der Waals surface area (Å²) in [5.74, 6) is 3.71. The Bertz CT molecular complexity index is 432. The first kappa shape index (κ1) is 8.83. The van der Waals surface area contributed by atoms with E-state index in [1.54, 1.807) is 18.2 Å². The molecule has 0 saturated heterocycles. The van der Waals surface area contributed by atoms with Crippen molar-refractivity contribution in [2.24, 2.45) is 0 Å². The first-order chi connectivity index (χ1) is 6.24. The van der Waals surface area contributed by atoms with Crippen LogP contribution in [-0.2, 0) is 0 Å². The Morgan fingerprint density at radius 1 is 1.46 bits per heavy atom. The molecule has 0 amide bonds. The molecule has 0 fully saturated rings. The molecule has 0 saturated carbocycles. The maximum absolute atomic E-state index is 10.5. The molecule has 0 atom stereocenters. The summed E-state index contributed by atoms with van der Waals surface area (Å²) in [5, 5.41) is 16.8. The molecule has 0 aliphatic carbocycles. The summed E-state index contributed by atoms with van der Waals surface area (Å²) in [7, 11) is 0. The molecule has 3 heteroatoms. The van der Waals surface area contributed by atoms with E-state index < -0.39 is 5.97 Å². The number of aromatic carboxylic acids is 1. The van der Waals surface area contributed by atoms with E-state index in [2.05, 4.69) is 11.8 Å². The third-order valence-corrected chi connectivity index (χ3v) is 1.37. The van der Waals surface area contributed by atoms with E-state index in [0.717, 1.165) is 0 Å². The normalized spacial score (nSPS) is 7.92. The van der Waals surface area contributed by atoms with Crippen LogP contribution >= 0.6 is 0 Å². The highest BCUT2D eigenvalue weighted by Gasteiger charge is 2.00. The van der Waals surface area contributed by atoms with Gasteiger partial charge in [0.25, 0.3) is 0 Å². The number of nitrogens with zero attached hydrogens (tertiary/aromatic N) is 1. The van der Waals surface area contributed by atoms with Gasteiger partial charge in [-0.15, -0.1) is 0 Å². The maximum atomic E-state index is 10.5. The number of carboxylic acids is 1. The lowest BCUT2D eigenvalue weighted by atomic mass is 10.1. The Hall–Kier alpha value is -2.26. The molecule has 0 spiro atoms. The first-order valence-electron chi connectivity index (χ1n) is 3.47. The molecule has 1 aromatic carbocycles. The van der Waals surface area contributed by atoms with Crippen LogP contribution in [0, 0.1) is 23.2 Å². The van der Waals surface area contributed by atoms with Crippen molar-refractivity contribution in [2.45, 2.75) is 0 Å². The predicted molar refractivity (Wildman–Crippen MR) is 45.9 cm³/mol. The average molecular weight is 171 g/mol. The molecule has 1 aromatic rings. The van der Waals surface area contributed by atoms with E-state index >= 15 is 0 Å². The smallest absolute Gasteiger partial charge is 0.335 e. The topological polar surface area (TPSA) is 61.1 Å². The molecular weight excluding hydrogens is 166 g/mol. The van der Waals surface area contributed by atoms with Crippen LogP contribution in [0.5, 0.6) is 0 Å². The minimum absolute atomic E-state index is 0.171. The van der Waals surface area contributed by atoms with E-state index in [1.165, 1.54) is 12.1 Å². The van der Waals surface area contributed by atoms with Gasteiger partial charge in [-0.25, -0.2) is 4.79 Å². The second-order valence-corrected chi connectivity index (χ2v) is 2.25. The number of carboxylic acid groups (broad SMARTS) is 1. The van der Waals surface area contributed by atoms with Crippen molar-refractivity contribution < 1.29 is 9.90 Å². The second-order valence-electron chi connectivity index (χ2n) is 2.25. The van der Waals surface area contributed by atoms with Crippen LogP contribution in [0.3, 0.4) is 0 Å². The van der Waals surface area contributed by atoms with Crippen LogP contribution in [-0.4, -0.2) is 11.1 Å². The lowest BCUT2D eigenvalue weighted by Gasteiger charge is -1.93. The molecular formula is C10H5NO2. The summed E-state index contributed by atoms with van der Waals surface area (Å²) in [6, 6.07) is 7.79. The Morgan fingerprint density at radius 2 is 2.23 bits per heavy atom. The summed E-state index contributed by atoms with van der Waals surface area (Å²) >= 11 is 0. The van der Waals surface area contributed by atoms with Gasteiger partial charge in [0.15, 0.2) is 6.07 Å². The monoisotopic (exact) mass is 171 g/mol. The van der Waals surface area contributed by atoms with Gasteiger partial charge in [0.05, 0.1) is 5.56 Å². The molecule has 0 bridgehead atoms. The van der Waals surface area contributed by atoms with Gasteiger partial charge in [0, 0.05) is 11.5 Å². The van der Waals surface area contributed by atoms with Crippen molar-refractivity contribution in [3.05, 3.63) is 35.4 Å². The van der Waals surface area contributed by atoms with E-state index in [9.17, 15) is 4.79 Å². The lowest BCUT2D eigenvalue weighted by Crippen LogP contribution is -1.95. The molecule has 0 aliphatic heterocycles. The third-order valence-electron chi connectivity index (χ3n) is 1.37. The van der Waals surface area contributed by atoms with Crippen molar-refractivity contribution in [2.75, 3.05) is 0 Å². The summed E-state index contributed by atoms with van der Waals surface area (Å²) in [6.07, 6.45) is 0. The Balaban J connectivity index is 3.07. The minimum atomic E-state index is -0.999. The molecule has 0 radical (unpaired) electrons. The summed E-state index contributed by atoms with van der Waals surface area (Å²) in [6.45, 7) is 0. The number of rotatable bonds is 1. The summed E-state index contributed by atoms with van der Waals surface area (Å²) in [5.41, 5.74) is 0.700. The molecule has 0 unspecified atom stereocenters. The van der Waals surface area contributed by atoms with Crippen molar-refractivity contribution in [3.8, 4) is 17.9 Å². The van der Waals surface area contributed by atoms with E-state index in [0.29, 0.717) is 5.56 Å². The number of nitriles is 1. The van der Waals surface area contributed by atoms with E-state index in [4.69, 9.17) is 10.4 Å². The minimum Gasteiger partial charge on any atom is -0.478 e. The van der Waals surface area contributed by atoms with Gasteiger partial charge < -0.3 is 5.11 Å². The molecule has 3 nitrogen and oxygen atoms in total. The molecule has 0 aromatic heterocycles. The zero-order chi connectivity index (χ0) is 9.68. The molecule has 1 rings (SSSR count). The number of hydrogen-bond donors (Lipinski definition) is 1. The zero-order valence-corrected chi connectivity index (χ0v) is 6.61. The van der Waals surface area contributed by atoms with Gasteiger partial charge in [0.2, 0.25) is 0 Å². The first-order valence-corrected chi connectivity index (χ1v) is 3.47. The van der Waals surface area contributed by atoms with Crippen molar-refractivity contribution >= 4 is 5.97 Å². The SMILES string of the molecule is N#CC#Cc1cccc(C(=O)O)c1. The number of carbonyl (C=O) groups is 1. The molecule has 0 heterocycles. The summed E-state index contributed by atoms with van der Waals surface area (Å²) in [4.78, 5) is 10.5. The highest BCUT2D eigenvalue weighted by Crippen LogP contribution is 2.03. The quantitative estimate of drug-likeness (QED) is 0.647. The van der Waals surface area contributed by atoms with Crippen molar-refractivity contribution in [1.29, 1.82) is 5.26 Å². The predicted octanol–water partition coefficient (Wildman–Crippen LogP) is 1.26. The van der Waals surface area contributed by atoms with Crippen molar-refractivity contribution in [3.63, 3.8) is 0 Å². The molecule has 62 valence electrons. The third kappa shape index (κ3) is 2.36. The van der Waals surface area contributed by atoms with Gasteiger partial charge in [-0.05, 0) is 18.2 Å². The Morgan fingerprint density at radius 3 is 2.85 bits per heavy atom.